The van der Waals surface area contributed by atoms with E-state index in [0.717, 1.165) is 0 Å². The van der Waals surface area contributed by atoms with E-state index in [1.54, 1.807) is 12.1 Å². The summed E-state index contributed by atoms with van der Waals surface area (Å²) in [5, 5.41) is 3.15. The highest BCUT2D eigenvalue weighted by molar-refractivity contribution is 5.84. The van der Waals surface area contributed by atoms with E-state index in [2.05, 4.69) is 5.32 Å². The number of benzene rings is 1. The molecule has 0 amide bonds. The lowest BCUT2D eigenvalue weighted by atomic mass is 9.91. The van der Waals surface area contributed by atoms with Gasteiger partial charge in [0, 0.05) is 0 Å². The molecule has 17 heavy (non-hydrogen) atoms. The number of carbonyl (C=O) groups excluding carboxylic acids is 1. The Balaban J connectivity index is 2.53. The quantitative estimate of drug-likeness (QED) is 0.814. The van der Waals surface area contributed by atoms with Gasteiger partial charge in [0.05, 0.1) is 7.11 Å². The first-order chi connectivity index (χ1) is 8.15. The van der Waals surface area contributed by atoms with Gasteiger partial charge in [0.2, 0.25) is 0 Å². The number of fused-ring (bicyclic) bond motifs is 1. The van der Waals surface area contributed by atoms with Crippen molar-refractivity contribution in [3.05, 3.63) is 35.1 Å². The molecule has 1 aromatic rings. The van der Waals surface area contributed by atoms with E-state index in [9.17, 15) is 9.18 Å². The molecule has 4 heteroatoms. The van der Waals surface area contributed by atoms with Crippen LogP contribution in [0, 0.1) is 5.82 Å². The minimum atomic E-state index is -0.874. The molecule has 0 fully saturated rings. The zero-order valence-corrected chi connectivity index (χ0v) is 10.0. The maximum Gasteiger partial charge on any atom is 0.330 e. The summed E-state index contributed by atoms with van der Waals surface area (Å²) in [4.78, 5) is 12.0. The molecule has 0 bridgehead atoms. The Labute approximate surface area is 100.0 Å². The van der Waals surface area contributed by atoms with Crippen LogP contribution in [0.3, 0.4) is 0 Å². The van der Waals surface area contributed by atoms with Gasteiger partial charge in [-0.15, -0.1) is 0 Å². The van der Waals surface area contributed by atoms with Crippen LogP contribution in [-0.4, -0.2) is 19.6 Å². The first kappa shape index (κ1) is 12.0. The summed E-state index contributed by atoms with van der Waals surface area (Å²) in [5.74, 6) is -0.588. The second-order valence-corrected chi connectivity index (χ2v) is 4.19. The summed E-state index contributed by atoms with van der Waals surface area (Å²) < 4.78 is 18.5. The average molecular weight is 237 g/mol. The van der Waals surface area contributed by atoms with Crippen molar-refractivity contribution in [3.8, 4) is 0 Å². The van der Waals surface area contributed by atoms with E-state index < -0.39 is 5.54 Å². The average Bonchev–Trinajstić information content (AvgIpc) is 2.71. The summed E-state index contributed by atoms with van der Waals surface area (Å²) in [6.45, 7) is 2.55. The van der Waals surface area contributed by atoms with Gasteiger partial charge in [-0.3, -0.25) is 5.32 Å². The normalized spacial score (nSPS) is 22.3. The van der Waals surface area contributed by atoms with E-state index in [0.29, 0.717) is 30.5 Å². The number of methoxy groups -OCH3 is 1. The van der Waals surface area contributed by atoms with Gasteiger partial charge in [0.1, 0.15) is 11.4 Å². The molecule has 0 saturated carbocycles. The third kappa shape index (κ3) is 1.72. The Bertz CT molecular complexity index is 447. The Morgan fingerprint density at radius 1 is 1.59 bits per heavy atom. The molecule has 3 nitrogen and oxygen atoms in total. The van der Waals surface area contributed by atoms with Crippen molar-refractivity contribution in [3.63, 3.8) is 0 Å². The Hall–Kier alpha value is -1.42. The lowest BCUT2D eigenvalue weighted by Gasteiger charge is -2.28. The van der Waals surface area contributed by atoms with Crippen LogP contribution in [0.5, 0.6) is 0 Å². The Morgan fingerprint density at radius 3 is 3.00 bits per heavy atom. The van der Waals surface area contributed by atoms with Crippen molar-refractivity contribution in [2.75, 3.05) is 13.7 Å². The lowest BCUT2D eigenvalue weighted by molar-refractivity contribution is -0.149. The van der Waals surface area contributed by atoms with Crippen LogP contribution in [0.2, 0.25) is 0 Å². The van der Waals surface area contributed by atoms with Gasteiger partial charge in [-0.05, 0) is 36.6 Å². The number of hydrogen-bond acceptors (Lipinski definition) is 3. The van der Waals surface area contributed by atoms with Gasteiger partial charge < -0.3 is 4.74 Å². The van der Waals surface area contributed by atoms with Gasteiger partial charge in [0.25, 0.3) is 0 Å². The third-order valence-corrected chi connectivity index (χ3v) is 3.34. The largest absolute Gasteiger partial charge is 0.467 e. The molecule has 1 N–H and O–H groups in total. The van der Waals surface area contributed by atoms with Crippen molar-refractivity contribution in [2.45, 2.75) is 25.3 Å². The summed E-state index contributed by atoms with van der Waals surface area (Å²) in [6, 6.07) is 4.86. The zero-order valence-electron chi connectivity index (χ0n) is 10.0. The zero-order chi connectivity index (χ0) is 12.5. The molecule has 1 aliphatic carbocycles. The number of hydrogen-bond donors (Lipinski definition) is 1. The molecule has 0 saturated heterocycles. The summed E-state index contributed by atoms with van der Waals surface area (Å²) >= 11 is 0. The molecule has 0 aromatic heterocycles. The highest BCUT2D eigenvalue weighted by atomic mass is 19.1. The number of nitrogens with one attached hydrogen (secondary N) is 1. The maximum absolute atomic E-state index is 13.7. The minimum Gasteiger partial charge on any atom is -0.467 e. The Kier molecular flexibility index (Phi) is 3.15. The molecule has 0 heterocycles. The summed E-state index contributed by atoms with van der Waals surface area (Å²) in [7, 11) is 1.36. The maximum atomic E-state index is 13.7. The fourth-order valence-electron chi connectivity index (χ4n) is 2.60. The molecule has 1 aliphatic rings. The molecule has 1 atom stereocenters. The first-order valence-electron chi connectivity index (χ1n) is 5.77. The number of halogens is 1. The number of rotatable bonds is 3. The van der Waals surface area contributed by atoms with E-state index in [4.69, 9.17) is 4.74 Å². The van der Waals surface area contributed by atoms with Crippen LogP contribution in [0.1, 0.15) is 24.5 Å². The van der Waals surface area contributed by atoms with Crippen LogP contribution in [0.15, 0.2) is 18.2 Å². The first-order valence-corrected chi connectivity index (χ1v) is 5.77. The smallest absolute Gasteiger partial charge is 0.330 e. The fourth-order valence-corrected chi connectivity index (χ4v) is 2.60. The van der Waals surface area contributed by atoms with E-state index >= 15 is 0 Å². The Morgan fingerprint density at radius 2 is 2.35 bits per heavy atom. The van der Waals surface area contributed by atoms with Crippen LogP contribution < -0.4 is 5.32 Å². The second-order valence-electron chi connectivity index (χ2n) is 4.19. The molecule has 1 aromatic carbocycles. The molecule has 0 spiro atoms. The van der Waals surface area contributed by atoms with Crippen LogP contribution >= 0.6 is 0 Å². The van der Waals surface area contributed by atoms with Crippen LogP contribution in [-0.2, 0) is 21.5 Å². The predicted molar refractivity (Wildman–Crippen MR) is 62.1 cm³/mol. The number of carbonyl (C=O) groups is 1. The molecule has 0 radical (unpaired) electrons. The molecule has 2 rings (SSSR count). The van der Waals surface area contributed by atoms with Crippen molar-refractivity contribution >= 4 is 5.97 Å². The monoisotopic (exact) mass is 237 g/mol. The van der Waals surface area contributed by atoms with Crippen molar-refractivity contribution < 1.29 is 13.9 Å². The van der Waals surface area contributed by atoms with Gasteiger partial charge in [0.15, 0.2) is 0 Å². The van der Waals surface area contributed by atoms with Crippen molar-refractivity contribution in [1.82, 2.24) is 5.32 Å². The van der Waals surface area contributed by atoms with Crippen molar-refractivity contribution in [1.29, 1.82) is 0 Å². The predicted octanol–water partition coefficient (Wildman–Crippen LogP) is 1.75. The molecule has 92 valence electrons. The fraction of sp³-hybridized carbons (Fsp3) is 0.462. The van der Waals surface area contributed by atoms with Crippen LogP contribution in [0.4, 0.5) is 4.39 Å². The van der Waals surface area contributed by atoms with Gasteiger partial charge in [-0.25, -0.2) is 9.18 Å². The van der Waals surface area contributed by atoms with Gasteiger partial charge in [-0.1, -0.05) is 19.1 Å². The number of ether oxygens (including phenoxy) is 1. The highest BCUT2D eigenvalue weighted by Gasteiger charge is 2.46. The molecule has 0 aliphatic heterocycles. The number of likely N-dealkylation sites (N-methyl/N-ethyl adjacent to an activating group) is 1. The minimum absolute atomic E-state index is 0.244. The molecular weight excluding hydrogens is 221 g/mol. The SMILES string of the molecule is CCNC1(C(=O)OC)CCc2c(F)cccc21. The third-order valence-electron chi connectivity index (χ3n) is 3.34. The van der Waals surface area contributed by atoms with E-state index in [-0.39, 0.29) is 11.8 Å². The van der Waals surface area contributed by atoms with Crippen molar-refractivity contribution in [2.24, 2.45) is 0 Å². The summed E-state index contributed by atoms with van der Waals surface area (Å²) in [6.07, 6.45) is 1.11. The number of esters is 1. The highest BCUT2D eigenvalue weighted by Crippen LogP contribution is 2.38. The van der Waals surface area contributed by atoms with E-state index in [1.165, 1.54) is 13.2 Å². The second kappa shape index (κ2) is 4.45. The summed E-state index contributed by atoms with van der Waals surface area (Å²) in [5.41, 5.74) is 0.464. The van der Waals surface area contributed by atoms with Crippen LogP contribution in [0.25, 0.3) is 0 Å². The lowest BCUT2D eigenvalue weighted by Crippen LogP contribution is -2.48. The molecular formula is C13H16FNO2. The van der Waals surface area contributed by atoms with E-state index in [1.807, 2.05) is 6.92 Å². The molecule has 1 unspecified atom stereocenters. The standard InChI is InChI=1S/C13H16FNO2/c1-3-15-13(12(16)17-2)8-7-9-10(13)5-4-6-11(9)14/h4-6,15H,3,7-8H2,1-2H3. The topological polar surface area (TPSA) is 38.3 Å². The van der Waals surface area contributed by atoms with Gasteiger partial charge >= 0.3 is 5.97 Å². The van der Waals surface area contributed by atoms with Gasteiger partial charge in [-0.2, -0.15) is 0 Å².